The number of nitrogen functional groups attached to an aromatic ring is 1. The van der Waals surface area contributed by atoms with Gasteiger partial charge < -0.3 is 35.3 Å². The highest BCUT2D eigenvalue weighted by Crippen LogP contribution is 2.26. The van der Waals surface area contributed by atoms with Crippen LogP contribution in [0, 0.1) is 0 Å². The minimum Gasteiger partial charge on any atom is -0.460 e. The molecule has 1 aliphatic heterocycles. The molecule has 0 unspecified atom stereocenters. The third-order valence-electron chi connectivity index (χ3n) is 5.28. The minimum atomic E-state index is -0.897. The van der Waals surface area contributed by atoms with Crippen LogP contribution in [-0.4, -0.2) is 69.5 Å². The molecule has 37 heavy (non-hydrogen) atoms. The first-order chi connectivity index (χ1) is 17.9. The number of alkyl carbamates (subject to hydrolysis) is 1. The van der Waals surface area contributed by atoms with Crippen molar-refractivity contribution in [3.63, 3.8) is 0 Å². The standard InChI is InChI=1S/C22H25N7O8/c23-18-19(27-28-20(18)31)26-16-8-14(15(36-16)11-35-22(33)29-7-6-24-12-29)37-21(32)25-9-17(30)34-10-13-4-2-1-3-5-13/h1-7,12,14-16H,8-11,23H2,(H,25,32)(H3,26,27,28,31)/t14-,15-,16-/m1/s1. The summed E-state index contributed by atoms with van der Waals surface area (Å²) in [5, 5.41) is 10.1. The number of esters is 1. The van der Waals surface area contributed by atoms with Gasteiger partial charge in [0.1, 0.15) is 56.0 Å². The van der Waals surface area contributed by atoms with Gasteiger partial charge in [-0.2, -0.15) is 0 Å². The van der Waals surface area contributed by atoms with Crippen LogP contribution < -0.4 is 21.9 Å². The fraction of sp³-hybridized carbons (Fsp3) is 0.318. The van der Waals surface area contributed by atoms with Crippen molar-refractivity contribution in [2.75, 3.05) is 24.2 Å². The van der Waals surface area contributed by atoms with Gasteiger partial charge in [-0.1, -0.05) is 30.3 Å². The zero-order valence-corrected chi connectivity index (χ0v) is 19.4. The molecule has 0 saturated carbocycles. The van der Waals surface area contributed by atoms with Gasteiger partial charge in [0.05, 0.1) is 0 Å². The molecule has 1 fully saturated rings. The lowest BCUT2D eigenvalue weighted by Gasteiger charge is -2.19. The van der Waals surface area contributed by atoms with Gasteiger partial charge in [0.25, 0.3) is 5.56 Å². The highest BCUT2D eigenvalue weighted by molar-refractivity contribution is 5.78. The number of nitrogens with one attached hydrogen (secondary N) is 4. The predicted molar refractivity (Wildman–Crippen MR) is 126 cm³/mol. The van der Waals surface area contributed by atoms with E-state index < -0.39 is 48.7 Å². The SMILES string of the molecule is Nc1c(N[C@H]2C[C@@H](OC(=O)NCC(=O)OCc3ccccc3)[C@@H](COC(=O)n3ccnc3)O2)[nH][nH]c1=O. The summed E-state index contributed by atoms with van der Waals surface area (Å²) in [7, 11) is 0. The molecule has 3 aromatic rings. The Kier molecular flexibility index (Phi) is 8.05. The van der Waals surface area contributed by atoms with Gasteiger partial charge in [-0.25, -0.2) is 19.1 Å². The van der Waals surface area contributed by atoms with Crippen molar-refractivity contribution in [3.05, 3.63) is 65.0 Å². The lowest BCUT2D eigenvalue weighted by molar-refractivity contribution is -0.143. The number of carbonyl (C=O) groups is 3. The van der Waals surface area contributed by atoms with E-state index in [2.05, 4.69) is 25.8 Å². The van der Waals surface area contributed by atoms with E-state index in [1.54, 1.807) is 12.1 Å². The predicted octanol–water partition coefficient (Wildman–Crippen LogP) is 0.532. The largest absolute Gasteiger partial charge is 0.460 e. The fourth-order valence-corrected chi connectivity index (χ4v) is 3.43. The quantitative estimate of drug-likeness (QED) is 0.196. The first-order valence-corrected chi connectivity index (χ1v) is 11.2. The van der Waals surface area contributed by atoms with Crippen LogP contribution in [0.4, 0.5) is 21.1 Å². The molecule has 0 spiro atoms. The molecule has 1 aromatic carbocycles. The van der Waals surface area contributed by atoms with Crippen molar-refractivity contribution in [2.45, 2.75) is 31.5 Å². The second-order valence-corrected chi connectivity index (χ2v) is 7.90. The summed E-state index contributed by atoms with van der Waals surface area (Å²) >= 11 is 0. The molecule has 15 nitrogen and oxygen atoms in total. The van der Waals surface area contributed by atoms with Gasteiger partial charge in [0.2, 0.25) is 0 Å². The normalized spacial score (nSPS) is 18.6. The average molecular weight is 515 g/mol. The van der Waals surface area contributed by atoms with E-state index >= 15 is 0 Å². The van der Waals surface area contributed by atoms with Gasteiger partial charge >= 0.3 is 18.2 Å². The van der Waals surface area contributed by atoms with Gasteiger partial charge in [0, 0.05) is 18.8 Å². The van der Waals surface area contributed by atoms with Crippen molar-refractivity contribution in [1.29, 1.82) is 0 Å². The molecule has 1 saturated heterocycles. The molecule has 4 rings (SSSR count). The zero-order chi connectivity index (χ0) is 26.2. The van der Waals surface area contributed by atoms with Crippen molar-refractivity contribution < 1.29 is 33.3 Å². The lowest BCUT2D eigenvalue weighted by atomic mass is 10.2. The average Bonchev–Trinajstić information content (AvgIpc) is 3.64. The smallest absolute Gasteiger partial charge is 0.419 e. The summed E-state index contributed by atoms with van der Waals surface area (Å²) in [6.45, 7) is -0.608. The molecule has 3 atom stereocenters. The monoisotopic (exact) mass is 515 g/mol. The Balaban J connectivity index is 1.30. The molecule has 0 aliphatic carbocycles. The van der Waals surface area contributed by atoms with Gasteiger partial charge in [0.15, 0.2) is 0 Å². The maximum absolute atomic E-state index is 12.4. The molecule has 196 valence electrons. The van der Waals surface area contributed by atoms with Gasteiger partial charge in [-0.3, -0.25) is 19.8 Å². The first-order valence-electron chi connectivity index (χ1n) is 11.2. The number of benzene rings is 1. The van der Waals surface area contributed by atoms with Crippen molar-refractivity contribution in [3.8, 4) is 0 Å². The molecule has 0 radical (unpaired) electrons. The number of aromatic amines is 2. The Morgan fingerprint density at radius 2 is 2.00 bits per heavy atom. The second-order valence-electron chi connectivity index (χ2n) is 7.90. The molecule has 3 heterocycles. The Morgan fingerprint density at radius 3 is 2.70 bits per heavy atom. The maximum Gasteiger partial charge on any atom is 0.419 e. The molecule has 2 aromatic heterocycles. The number of amides is 1. The van der Waals surface area contributed by atoms with E-state index in [-0.39, 0.29) is 31.1 Å². The number of hydrogen-bond acceptors (Lipinski definition) is 11. The molecule has 1 aliphatic rings. The number of nitrogens with zero attached hydrogens (tertiary/aromatic N) is 2. The third-order valence-corrected chi connectivity index (χ3v) is 5.28. The van der Waals surface area contributed by atoms with Crippen LogP contribution in [0.25, 0.3) is 0 Å². The van der Waals surface area contributed by atoms with E-state index in [1.165, 1.54) is 18.7 Å². The number of anilines is 2. The zero-order valence-electron chi connectivity index (χ0n) is 19.4. The minimum absolute atomic E-state index is 0.0644. The van der Waals surface area contributed by atoms with Crippen LogP contribution in [0.5, 0.6) is 0 Å². The Morgan fingerprint density at radius 1 is 1.19 bits per heavy atom. The summed E-state index contributed by atoms with van der Waals surface area (Å²) in [6.07, 6.45) is 0.110. The van der Waals surface area contributed by atoms with E-state index in [1.807, 2.05) is 18.2 Å². The van der Waals surface area contributed by atoms with E-state index in [9.17, 15) is 19.2 Å². The number of aromatic nitrogens is 4. The van der Waals surface area contributed by atoms with E-state index in [0.29, 0.717) is 0 Å². The number of hydrogen-bond donors (Lipinski definition) is 5. The van der Waals surface area contributed by atoms with Crippen LogP contribution >= 0.6 is 0 Å². The van der Waals surface area contributed by atoms with Crippen molar-refractivity contribution in [1.82, 2.24) is 25.1 Å². The van der Waals surface area contributed by atoms with Crippen LogP contribution in [-0.2, 0) is 30.3 Å². The summed E-state index contributed by atoms with van der Waals surface area (Å²) in [4.78, 5) is 51.8. The number of H-pyrrole nitrogens is 2. The molecular weight excluding hydrogens is 490 g/mol. The second kappa shape index (κ2) is 11.8. The summed E-state index contributed by atoms with van der Waals surface area (Å²) < 4.78 is 22.7. The summed E-state index contributed by atoms with van der Waals surface area (Å²) in [5.74, 6) is -0.462. The first kappa shape index (κ1) is 25.3. The topological polar surface area (TPSA) is 205 Å². The Hall–Kier alpha value is -4.79. The van der Waals surface area contributed by atoms with Crippen LogP contribution in [0.2, 0.25) is 0 Å². The van der Waals surface area contributed by atoms with Gasteiger partial charge in [-0.15, -0.1) is 0 Å². The molecule has 15 heteroatoms. The van der Waals surface area contributed by atoms with E-state index in [0.717, 1.165) is 10.1 Å². The van der Waals surface area contributed by atoms with Crippen LogP contribution in [0.3, 0.4) is 0 Å². The maximum atomic E-state index is 12.4. The number of nitrogens with two attached hydrogens (primary N) is 1. The van der Waals surface area contributed by atoms with Gasteiger partial charge in [-0.05, 0) is 5.56 Å². The molecular formula is C22H25N7O8. The summed E-state index contributed by atoms with van der Waals surface area (Å²) in [6, 6.07) is 9.08. The van der Waals surface area contributed by atoms with Crippen molar-refractivity contribution in [2.24, 2.45) is 0 Å². The van der Waals surface area contributed by atoms with Crippen LogP contribution in [0.1, 0.15) is 12.0 Å². The van der Waals surface area contributed by atoms with E-state index in [4.69, 9.17) is 24.7 Å². The number of rotatable bonds is 9. The molecule has 1 amide bonds. The fourth-order valence-electron chi connectivity index (χ4n) is 3.43. The highest BCUT2D eigenvalue weighted by Gasteiger charge is 2.39. The van der Waals surface area contributed by atoms with Crippen LogP contribution in [0.15, 0.2) is 53.8 Å². The van der Waals surface area contributed by atoms with Crippen molar-refractivity contribution >= 4 is 29.7 Å². The number of ether oxygens (including phenoxy) is 4. The highest BCUT2D eigenvalue weighted by atomic mass is 16.6. The lowest BCUT2D eigenvalue weighted by Crippen LogP contribution is -2.38. The number of imidazole rings is 1. The Labute approximate surface area is 209 Å². The molecule has 0 bridgehead atoms. The molecule has 6 N–H and O–H groups in total. The third kappa shape index (κ3) is 6.88. The Bertz CT molecular complexity index is 1260. The number of carbonyl (C=O) groups excluding carboxylic acids is 3. The summed E-state index contributed by atoms with van der Waals surface area (Å²) in [5.41, 5.74) is 5.91.